The van der Waals surface area contributed by atoms with Crippen LogP contribution < -0.4 is 5.32 Å². The highest BCUT2D eigenvalue weighted by Crippen LogP contribution is 2.22. The number of carbonyl (C=O) groups excluding carboxylic acids is 2. The zero-order chi connectivity index (χ0) is 19.5. The van der Waals surface area contributed by atoms with E-state index in [1.165, 1.54) is 26.2 Å². The zero-order valence-corrected chi connectivity index (χ0v) is 16.5. The van der Waals surface area contributed by atoms with Crippen LogP contribution in [0.1, 0.15) is 26.7 Å². The summed E-state index contributed by atoms with van der Waals surface area (Å²) in [6.07, 6.45) is 1.14. The van der Waals surface area contributed by atoms with Crippen molar-refractivity contribution >= 4 is 27.5 Å². The number of anilines is 1. The minimum Gasteiger partial charge on any atom is -0.342 e. The Morgan fingerprint density at radius 3 is 2.42 bits per heavy atom. The van der Waals surface area contributed by atoms with E-state index in [1.54, 1.807) is 17.0 Å². The lowest BCUT2D eigenvalue weighted by molar-refractivity contribution is -0.128. The molecule has 144 valence electrons. The van der Waals surface area contributed by atoms with Gasteiger partial charge < -0.3 is 10.2 Å². The summed E-state index contributed by atoms with van der Waals surface area (Å²) in [5.41, 5.74) is 0.515. The minimum atomic E-state index is -3.50. The van der Waals surface area contributed by atoms with Gasteiger partial charge in [-0.3, -0.25) is 9.59 Å². The Morgan fingerprint density at radius 1 is 1.27 bits per heavy atom. The number of sulfonamides is 1. The van der Waals surface area contributed by atoms with Gasteiger partial charge in [-0.2, -0.15) is 0 Å². The number of rotatable bonds is 7. The number of nitrogens with one attached hydrogen (secondary N) is 1. The van der Waals surface area contributed by atoms with Gasteiger partial charge in [-0.15, -0.1) is 0 Å². The number of nitrogens with zero attached hydrogens (tertiary/aromatic N) is 2. The molecule has 2 rings (SSSR count). The molecule has 1 aliphatic rings. The summed E-state index contributed by atoms with van der Waals surface area (Å²) in [6.45, 7) is 5.32. The van der Waals surface area contributed by atoms with E-state index in [9.17, 15) is 18.0 Å². The van der Waals surface area contributed by atoms with Gasteiger partial charge in [0.2, 0.25) is 21.8 Å². The molecule has 1 heterocycles. The quantitative estimate of drug-likeness (QED) is 0.780. The Morgan fingerprint density at radius 2 is 1.88 bits per heavy atom. The molecule has 1 aromatic rings. The van der Waals surface area contributed by atoms with Crippen molar-refractivity contribution in [3.8, 4) is 0 Å². The van der Waals surface area contributed by atoms with E-state index in [1.807, 2.05) is 0 Å². The number of amides is 2. The molecule has 8 heteroatoms. The van der Waals surface area contributed by atoms with Crippen LogP contribution in [0.25, 0.3) is 0 Å². The predicted octanol–water partition coefficient (Wildman–Crippen LogP) is 1.77. The van der Waals surface area contributed by atoms with Crippen molar-refractivity contribution in [3.05, 3.63) is 24.3 Å². The van der Waals surface area contributed by atoms with Gasteiger partial charge >= 0.3 is 0 Å². The third-order valence-corrected chi connectivity index (χ3v) is 6.29. The van der Waals surface area contributed by atoms with Gasteiger partial charge in [0.05, 0.1) is 10.8 Å². The van der Waals surface area contributed by atoms with Crippen LogP contribution in [0.4, 0.5) is 5.69 Å². The lowest BCUT2D eigenvalue weighted by atomic mass is 10.1. The topological polar surface area (TPSA) is 86.8 Å². The molecular weight excluding hydrogens is 354 g/mol. The molecule has 0 saturated carbocycles. The third kappa shape index (κ3) is 4.82. The van der Waals surface area contributed by atoms with Crippen molar-refractivity contribution in [3.63, 3.8) is 0 Å². The molecule has 0 aliphatic carbocycles. The van der Waals surface area contributed by atoms with Crippen LogP contribution in [0.5, 0.6) is 0 Å². The summed E-state index contributed by atoms with van der Waals surface area (Å²) < 4.78 is 25.2. The van der Waals surface area contributed by atoms with Crippen LogP contribution in [0.2, 0.25) is 0 Å². The van der Waals surface area contributed by atoms with Crippen LogP contribution in [-0.4, -0.2) is 56.6 Å². The third-order valence-electron chi connectivity index (χ3n) is 4.46. The maximum Gasteiger partial charge on any atom is 0.242 e. The fraction of sp³-hybridized carbons (Fsp3) is 0.556. The largest absolute Gasteiger partial charge is 0.342 e. The molecule has 1 saturated heterocycles. The van der Waals surface area contributed by atoms with Gasteiger partial charge in [-0.05, 0) is 36.6 Å². The van der Waals surface area contributed by atoms with Crippen LogP contribution in [0.3, 0.4) is 0 Å². The average molecular weight is 381 g/mol. The molecular formula is C18H27N3O4S. The first kappa shape index (κ1) is 20.4. The summed E-state index contributed by atoms with van der Waals surface area (Å²) in [7, 11) is -0.566. The molecule has 1 aliphatic heterocycles. The zero-order valence-electron chi connectivity index (χ0n) is 15.7. The number of hydrogen-bond donors (Lipinski definition) is 1. The van der Waals surface area contributed by atoms with Crippen LogP contribution in [0.15, 0.2) is 29.2 Å². The average Bonchev–Trinajstić information content (AvgIpc) is 2.94. The molecule has 0 spiro atoms. The second-order valence-electron chi connectivity index (χ2n) is 7.22. The summed E-state index contributed by atoms with van der Waals surface area (Å²) in [4.78, 5) is 26.4. The van der Waals surface area contributed by atoms with Gasteiger partial charge in [0.1, 0.15) is 0 Å². The standard InChI is InChI=1S/C18H27N3O4S/c1-13(2)9-10-21-12-14(11-17(21)22)18(23)19-15-5-7-16(8-6-15)26(24,25)20(3)4/h5-8,13-14H,9-12H2,1-4H3,(H,19,23)/t14-/m0/s1. The first-order chi connectivity index (χ1) is 12.1. The maximum absolute atomic E-state index is 12.4. The molecule has 0 aromatic heterocycles. The summed E-state index contributed by atoms with van der Waals surface area (Å²) in [6, 6.07) is 6.03. The summed E-state index contributed by atoms with van der Waals surface area (Å²) >= 11 is 0. The van der Waals surface area contributed by atoms with E-state index in [-0.39, 0.29) is 29.0 Å². The van der Waals surface area contributed by atoms with E-state index in [2.05, 4.69) is 19.2 Å². The molecule has 1 aromatic carbocycles. The smallest absolute Gasteiger partial charge is 0.242 e. The minimum absolute atomic E-state index is 0.0122. The molecule has 1 N–H and O–H groups in total. The fourth-order valence-corrected chi connectivity index (χ4v) is 3.64. The lowest BCUT2D eigenvalue weighted by Crippen LogP contribution is -2.29. The van der Waals surface area contributed by atoms with Gasteiger partial charge in [-0.25, -0.2) is 12.7 Å². The Labute approximate surface area is 155 Å². The number of hydrogen-bond acceptors (Lipinski definition) is 4. The molecule has 2 amide bonds. The molecule has 7 nitrogen and oxygen atoms in total. The highest BCUT2D eigenvalue weighted by molar-refractivity contribution is 7.89. The van der Waals surface area contributed by atoms with E-state index in [0.717, 1.165) is 10.7 Å². The molecule has 1 fully saturated rings. The predicted molar refractivity (Wildman–Crippen MR) is 100 cm³/mol. The number of carbonyl (C=O) groups is 2. The van der Waals surface area contributed by atoms with Crippen molar-refractivity contribution in [2.75, 3.05) is 32.5 Å². The first-order valence-electron chi connectivity index (χ1n) is 8.72. The molecule has 26 heavy (non-hydrogen) atoms. The second kappa shape index (κ2) is 8.18. The molecule has 0 unspecified atom stereocenters. The first-order valence-corrected chi connectivity index (χ1v) is 10.2. The Kier molecular flexibility index (Phi) is 6.41. The van der Waals surface area contributed by atoms with Crippen LogP contribution in [0, 0.1) is 11.8 Å². The van der Waals surface area contributed by atoms with Crippen molar-refractivity contribution in [1.82, 2.24) is 9.21 Å². The molecule has 1 atom stereocenters. The van der Waals surface area contributed by atoms with E-state index in [0.29, 0.717) is 24.7 Å². The second-order valence-corrected chi connectivity index (χ2v) is 9.38. The van der Waals surface area contributed by atoms with Crippen molar-refractivity contribution < 1.29 is 18.0 Å². The van der Waals surface area contributed by atoms with Gasteiger partial charge in [-0.1, -0.05) is 13.8 Å². The van der Waals surface area contributed by atoms with E-state index >= 15 is 0 Å². The van der Waals surface area contributed by atoms with Crippen molar-refractivity contribution in [2.24, 2.45) is 11.8 Å². The normalized spacial score (nSPS) is 18.0. The molecule has 0 radical (unpaired) electrons. The Balaban J connectivity index is 1.97. The lowest BCUT2D eigenvalue weighted by Gasteiger charge is -2.17. The van der Waals surface area contributed by atoms with Crippen molar-refractivity contribution in [2.45, 2.75) is 31.6 Å². The number of likely N-dealkylation sites (tertiary alicyclic amines) is 1. The fourth-order valence-electron chi connectivity index (χ4n) is 2.74. The van der Waals surface area contributed by atoms with Gasteiger partial charge in [0.15, 0.2) is 0 Å². The SMILES string of the molecule is CC(C)CCN1C[C@@H](C(=O)Nc2ccc(S(=O)(=O)N(C)C)cc2)CC1=O. The van der Waals surface area contributed by atoms with Gasteiger partial charge in [0.25, 0.3) is 0 Å². The maximum atomic E-state index is 12.4. The summed E-state index contributed by atoms with van der Waals surface area (Å²) in [5.74, 6) is -0.0701. The van der Waals surface area contributed by atoms with Crippen LogP contribution >= 0.6 is 0 Å². The Bertz CT molecular complexity index is 757. The van der Waals surface area contributed by atoms with Crippen LogP contribution in [-0.2, 0) is 19.6 Å². The summed E-state index contributed by atoms with van der Waals surface area (Å²) in [5, 5.41) is 2.77. The number of benzene rings is 1. The Hall–Kier alpha value is -1.93. The molecule has 0 bridgehead atoms. The highest BCUT2D eigenvalue weighted by Gasteiger charge is 2.34. The highest BCUT2D eigenvalue weighted by atomic mass is 32.2. The van der Waals surface area contributed by atoms with Gasteiger partial charge in [0, 0.05) is 39.3 Å². The monoisotopic (exact) mass is 381 g/mol. The van der Waals surface area contributed by atoms with E-state index < -0.39 is 10.0 Å². The van der Waals surface area contributed by atoms with Crippen molar-refractivity contribution in [1.29, 1.82) is 0 Å². The van der Waals surface area contributed by atoms with E-state index in [4.69, 9.17) is 0 Å².